The van der Waals surface area contributed by atoms with Gasteiger partial charge < -0.3 is 14.8 Å². The number of ketones is 1. The molecule has 6 rings (SSSR count). The van der Waals surface area contributed by atoms with Crippen molar-refractivity contribution >= 4 is 22.6 Å². The van der Waals surface area contributed by atoms with Gasteiger partial charge in [0, 0.05) is 24.0 Å². The van der Waals surface area contributed by atoms with Gasteiger partial charge in [0.25, 0.3) is 5.91 Å². The quantitative estimate of drug-likeness (QED) is 0.666. The van der Waals surface area contributed by atoms with Gasteiger partial charge in [0.2, 0.25) is 0 Å². The number of fused-ring (bicyclic) bond motifs is 1. The lowest BCUT2D eigenvalue weighted by molar-refractivity contribution is -0.167. The minimum absolute atomic E-state index is 0.0650. The van der Waals surface area contributed by atoms with Crippen molar-refractivity contribution in [3.8, 4) is 0 Å². The van der Waals surface area contributed by atoms with Crippen LogP contribution in [0.25, 0.3) is 10.9 Å². The number of ether oxygens (including phenoxy) is 2. The van der Waals surface area contributed by atoms with Crippen LogP contribution in [0.2, 0.25) is 0 Å². The first-order valence-electron chi connectivity index (χ1n) is 11.3. The molecule has 0 saturated heterocycles. The number of aromatic nitrogens is 1. The van der Waals surface area contributed by atoms with E-state index in [0.717, 1.165) is 49.6 Å². The molecule has 4 aliphatic carbocycles. The molecule has 4 fully saturated rings. The number of hydrogen-bond donors (Lipinski definition) is 1. The average molecular weight is 423 g/mol. The van der Waals surface area contributed by atoms with E-state index in [1.165, 1.54) is 5.56 Å². The maximum atomic E-state index is 12.7. The molecule has 2 aromatic rings. The van der Waals surface area contributed by atoms with E-state index in [0.29, 0.717) is 18.2 Å². The van der Waals surface area contributed by atoms with E-state index in [9.17, 15) is 9.59 Å². The molecule has 6 nitrogen and oxygen atoms in total. The van der Waals surface area contributed by atoms with Gasteiger partial charge in [-0.2, -0.15) is 0 Å². The molecule has 31 heavy (non-hydrogen) atoms. The number of carbonyl (C=O) groups excluding carboxylic acids is 2. The van der Waals surface area contributed by atoms with Gasteiger partial charge in [0.1, 0.15) is 12.3 Å². The van der Waals surface area contributed by atoms with Gasteiger partial charge in [-0.15, -0.1) is 0 Å². The van der Waals surface area contributed by atoms with E-state index < -0.39 is 0 Å². The van der Waals surface area contributed by atoms with Crippen LogP contribution in [0.5, 0.6) is 0 Å². The number of benzene rings is 1. The molecule has 0 atom stereocenters. The van der Waals surface area contributed by atoms with Crippen LogP contribution in [-0.2, 0) is 14.3 Å². The average Bonchev–Trinajstić information content (AvgIpc) is 2.66. The third kappa shape index (κ3) is 3.99. The summed E-state index contributed by atoms with van der Waals surface area (Å²) in [5.74, 6) is 0.0465. The Morgan fingerprint density at radius 1 is 1.10 bits per heavy atom. The summed E-state index contributed by atoms with van der Waals surface area (Å²) < 4.78 is 11.3. The van der Waals surface area contributed by atoms with Crippen LogP contribution < -0.4 is 5.32 Å². The maximum absolute atomic E-state index is 12.7. The smallest absolute Gasteiger partial charge is 0.270 e. The molecule has 1 amide bonds. The zero-order valence-electron chi connectivity index (χ0n) is 18.3. The first kappa shape index (κ1) is 20.6. The SMILES string of the molecule is CCOC1CC(OCC(=O)CC23CC(NC(=O)c4ccc5cc(C)ccc5n4)(C2)C3)C1. The van der Waals surface area contributed by atoms with Crippen molar-refractivity contribution in [2.75, 3.05) is 13.2 Å². The number of nitrogens with one attached hydrogen (secondary N) is 1. The molecule has 6 heteroatoms. The van der Waals surface area contributed by atoms with Gasteiger partial charge in [-0.05, 0) is 69.6 Å². The fourth-order valence-corrected chi connectivity index (χ4v) is 5.70. The Kier molecular flexibility index (Phi) is 5.10. The molecule has 0 spiro atoms. The molecular formula is C25H30N2O4. The number of pyridine rings is 1. The molecule has 2 bridgehead atoms. The Morgan fingerprint density at radius 2 is 1.84 bits per heavy atom. The number of hydrogen-bond acceptors (Lipinski definition) is 5. The first-order valence-corrected chi connectivity index (χ1v) is 11.3. The molecule has 164 valence electrons. The van der Waals surface area contributed by atoms with Crippen LogP contribution in [-0.4, -0.2) is 47.6 Å². The zero-order valence-corrected chi connectivity index (χ0v) is 18.3. The summed E-state index contributed by atoms with van der Waals surface area (Å²) in [7, 11) is 0. The second-order valence-corrected chi connectivity index (χ2v) is 9.85. The van der Waals surface area contributed by atoms with Crippen LogP contribution in [0, 0.1) is 12.3 Å². The molecule has 1 aromatic heterocycles. The maximum Gasteiger partial charge on any atom is 0.270 e. The topological polar surface area (TPSA) is 77.5 Å². The molecule has 4 aliphatic rings. The minimum Gasteiger partial charge on any atom is -0.378 e. The molecule has 1 heterocycles. The summed E-state index contributed by atoms with van der Waals surface area (Å²) in [6, 6.07) is 9.76. The Balaban J connectivity index is 1.07. The summed E-state index contributed by atoms with van der Waals surface area (Å²) in [5.41, 5.74) is 2.37. The van der Waals surface area contributed by atoms with Crippen molar-refractivity contribution in [2.45, 2.75) is 70.1 Å². The van der Waals surface area contributed by atoms with Gasteiger partial charge in [-0.3, -0.25) is 9.59 Å². The predicted molar refractivity (Wildman–Crippen MR) is 117 cm³/mol. The van der Waals surface area contributed by atoms with Crippen molar-refractivity contribution in [3.05, 3.63) is 41.6 Å². The monoisotopic (exact) mass is 422 g/mol. The van der Waals surface area contributed by atoms with E-state index in [4.69, 9.17) is 9.47 Å². The molecular weight excluding hydrogens is 392 g/mol. The van der Waals surface area contributed by atoms with E-state index in [-0.39, 0.29) is 35.4 Å². The van der Waals surface area contributed by atoms with Crippen molar-refractivity contribution in [1.29, 1.82) is 0 Å². The third-order valence-electron chi connectivity index (χ3n) is 7.10. The van der Waals surface area contributed by atoms with Crippen molar-refractivity contribution in [2.24, 2.45) is 5.41 Å². The fraction of sp³-hybridized carbons (Fsp3) is 0.560. The highest BCUT2D eigenvalue weighted by atomic mass is 16.5. The van der Waals surface area contributed by atoms with Crippen molar-refractivity contribution < 1.29 is 19.1 Å². The molecule has 0 aliphatic heterocycles. The Bertz CT molecular complexity index is 1010. The predicted octanol–water partition coefficient (Wildman–Crippen LogP) is 3.74. The fourth-order valence-electron chi connectivity index (χ4n) is 5.70. The van der Waals surface area contributed by atoms with E-state index in [1.807, 2.05) is 32.0 Å². The first-order chi connectivity index (χ1) is 14.9. The summed E-state index contributed by atoms with van der Waals surface area (Å²) in [4.78, 5) is 29.6. The molecule has 0 unspecified atom stereocenters. The lowest BCUT2D eigenvalue weighted by atomic mass is 9.38. The highest BCUT2D eigenvalue weighted by Crippen LogP contribution is 2.69. The van der Waals surface area contributed by atoms with Crippen LogP contribution >= 0.6 is 0 Å². The largest absolute Gasteiger partial charge is 0.378 e. The summed E-state index contributed by atoms with van der Waals surface area (Å²) in [6.07, 6.45) is 5.43. The van der Waals surface area contributed by atoms with Crippen LogP contribution in [0.1, 0.15) is 61.5 Å². The number of nitrogens with zero attached hydrogens (tertiary/aromatic N) is 1. The van der Waals surface area contributed by atoms with Crippen molar-refractivity contribution in [1.82, 2.24) is 10.3 Å². The number of rotatable bonds is 9. The number of amides is 1. The van der Waals surface area contributed by atoms with Gasteiger partial charge in [0.05, 0.1) is 17.7 Å². The molecule has 1 N–H and O–H groups in total. The highest BCUT2D eigenvalue weighted by molar-refractivity contribution is 5.95. The van der Waals surface area contributed by atoms with Gasteiger partial charge in [0.15, 0.2) is 5.78 Å². The second-order valence-electron chi connectivity index (χ2n) is 9.85. The Morgan fingerprint density at radius 3 is 2.58 bits per heavy atom. The van der Waals surface area contributed by atoms with E-state index >= 15 is 0 Å². The lowest BCUT2D eigenvalue weighted by Gasteiger charge is -2.70. The molecule has 0 radical (unpaired) electrons. The van der Waals surface area contributed by atoms with Crippen molar-refractivity contribution in [3.63, 3.8) is 0 Å². The second kappa shape index (κ2) is 7.68. The summed E-state index contributed by atoms with van der Waals surface area (Å²) in [6.45, 7) is 4.97. The minimum atomic E-state index is -0.152. The van der Waals surface area contributed by atoms with Gasteiger partial charge in [-0.25, -0.2) is 4.98 Å². The van der Waals surface area contributed by atoms with Crippen LogP contribution in [0.4, 0.5) is 0 Å². The molecule has 1 aromatic carbocycles. The van der Waals surface area contributed by atoms with Crippen LogP contribution in [0.3, 0.4) is 0 Å². The van der Waals surface area contributed by atoms with E-state index in [2.05, 4.69) is 16.4 Å². The Hall–Kier alpha value is -2.31. The van der Waals surface area contributed by atoms with Gasteiger partial charge in [-0.1, -0.05) is 17.7 Å². The van der Waals surface area contributed by atoms with Crippen LogP contribution in [0.15, 0.2) is 30.3 Å². The Labute approximate surface area is 182 Å². The summed E-state index contributed by atoms with van der Waals surface area (Å²) >= 11 is 0. The number of aryl methyl sites for hydroxylation is 1. The lowest BCUT2D eigenvalue weighted by Crippen LogP contribution is -2.75. The zero-order chi connectivity index (χ0) is 21.6. The standard InChI is InChI=1S/C25H30N2O4/c1-3-30-19-9-20(10-19)31-12-18(28)11-24-13-25(14-24,15-24)27-23(29)22-7-5-17-8-16(2)4-6-21(17)26-22/h4-8,19-20H,3,9-15H2,1-2H3,(H,27,29). The normalized spacial score (nSPS) is 30.8. The number of Topliss-reactive ketones (excluding diaryl/α,β-unsaturated/α-hetero) is 1. The third-order valence-corrected chi connectivity index (χ3v) is 7.10. The number of carbonyl (C=O) groups is 2. The molecule has 4 saturated carbocycles. The summed E-state index contributed by atoms with van der Waals surface area (Å²) in [5, 5.41) is 4.22. The highest BCUT2D eigenvalue weighted by Gasteiger charge is 2.68. The van der Waals surface area contributed by atoms with Gasteiger partial charge >= 0.3 is 0 Å². The van der Waals surface area contributed by atoms with E-state index in [1.54, 1.807) is 6.07 Å².